The Labute approximate surface area is 121 Å². The smallest absolute Gasteiger partial charge is 0.242 e. The highest BCUT2D eigenvalue weighted by molar-refractivity contribution is 5.87. The molecule has 0 fully saturated rings. The van der Waals surface area contributed by atoms with E-state index in [1.807, 2.05) is 18.2 Å². The third-order valence-electron chi connectivity index (χ3n) is 3.93. The highest BCUT2D eigenvalue weighted by Gasteiger charge is 2.25. The van der Waals surface area contributed by atoms with E-state index in [0.717, 1.165) is 44.7 Å². The summed E-state index contributed by atoms with van der Waals surface area (Å²) in [7, 11) is 0. The molecule has 1 aliphatic rings. The molecule has 4 nitrogen and oxygen atoms in total. The zero-order valence-corrected chi connectivity index (χ0v) is 12.5. The summed E-state index contributed by atoms with van der Waals surface area (Å²) in [6.45, 7) is 8.28. The number of nitrogens with zero attached hydrogens (tertiary/aromatic N) is 1. The molecule has 20 heavy (non-hydrogen) atoms. The van der Waals surface area contributed by atoms with Gasteiger partial charge in [-0.1, -0.05) is 32.0 Å². The average Bonchev–Trinajstić information content (AvgIpc) is 2.91. The van der Waals surface area contributed by atoms with Crippen LogP contribution in [0.5, 0.6) is 0 Å². The molecule has 0 aromatic heterocycles. The normalized spacial score (nSPS) is 16.9. The molecule has 1 aromatic rings. The number of hydrogen-bond donors (Lipinski definition) is 2. The van der Waals surface area contributed by atoms with Crippen LogP contribution in [0.3, 0.4) is 0 Å². The molecule has 0 unspecified atom stereocenters. The predicted octanol–water partition coefficient (Wildman–Crippen LogP) is 1.87. The number of carbonyl (C=O) groups excluding carboxylic acids is 1. The number of anilines is 1. The third kappa shape index (κ3) is 3.73. The van der Waals surface area contributed by atoms with Gasteiger partial charge in [0.15, 0.2) is 0 Å². The molecule has 1 aliphatic heterocycles. The fourth-order valence-electron chi connectivity index (χ4n) is 2.63. The first-order valence-electron chi connectivity index (χ1n) is 7.59. The lowest BCUT2D eigenvalue weighted by molar-refractivity contribution is -0.121. The topological polar surface area (TPSA) is 44.4 Å². The fourth-order valence-corrected chi connectivity index (χ4v) is 2.63. The molecule has 1 heterocycles. The van der Waals surface area contributed by atoms with E-state index in [1.165, 1.54) is 5.56 Å². The lowest BCUT2D eigenvalue weighted by Gasteiger charge is -2.18. The molecule has 110 valence electrons. The molecule has 0 spiro atoms. The van der Waals surface area contributed by atoms with Gasteiger partial charge in [-0.25, -0.2) is 0 Å². The fraction of sp³-hybridized carbons (Fsp3) is 0.562. The summed E-state index contributed by atoms with van der Waals surface area (Å²) in [6, 6.07) is 8.01. The maximum absolute atomic E-state index is 12.1. The Kier molecular flexibility index (Phi) is 5.41. The van der Waals surface area contributed by atoms with Gasteiger partial charge in [0.2, 0.25) is 5.91 Å². The Morgan fingerprint density at radius 1 is 1.35 bits per heavy atom. The first kappa shape index (κ1) is 14.9. The van der Waals surface area contributed by atoms with Crippen molar-refractivity contribution in [3.8, 4) is 0 Å². The van der Waals surface area contributed by atoms with E-state index < -0.39 is 0 Å². The maximum atomic E-state index is 12.1. The van der Waals surface area contributed by atoms with Crippen molar-refractivity contribution in [2.45, 2.75) is 32.7 Å². The van der Waals surface area contributed by atoms with Crippen LogP contribution in [0, 0.1) is 0 Å². The Balaban J connectivity index is 1.69. The van der Waals surface area contributed by atoms with Gasteiger partial charge in [-0.05, 0) is 37.7 Å². The van der Waals surface area contributed by atoms with Gasteiger partial charge in [0, 0.05) is 18.7 Å². The van der Waals surface area contributed by atoms with Crippen molar-refractivity contribution in [2.24, 2.45) is 0 Å². The van der Waals surface area contributed by atoms with Crippen molar-refractivity contribution in [1.82, 2.24) is 10.2 Å². The molecule has 0 aliphatic carbocycles. The van der Waals surface area contributed by atoms with Crippen LogP contribution in [0.2, 0.25) is 0 Å². The van der Waals surface area contributed by atoms with Crippen molar-refractivity contribution < 1.29 is 4.79 Å². The van der Waals surface area contributed by atoms with Gasteiger partial charge in [0.05, 0.1) is 0 Å². The Hall–Kier alpha value is -1.55. The molecule has 1 aromatic carbocycles. The van der Waals surface area contributed by atoms with Gasteiger partial charge in [0.25, 0.3) is 0 Å². The maximum Gasteiger partial charge on any atom is 0.242 e. The van der Waals surface area contributed by atoms with Gasteiger partial charge in [-0.15, -0.1) is 0 Å². The summed E-state index contributed by atoms with van der Waals surface area (Å²) in [4.78, 5) is 14.5. The minimum Gasteiger partial charge on any atom is -0.373 e. The highest BCUT2D eigenvalue weighted by atomic mass is 16.2. The highest BCUT2D eigenvalue weighted by Crippen LogP contribution is 2.24. The van der Waals surface area contributed by atoms with Crippen molar-refractivity contribution in [3.63, 3.8) is 0 Å². The van der Waals surface area contributed by atoms with Gasteiger partial charge in [0.1, 0.15) is 6.04 Å². The van der Waals surface area contributed by atoms with Crippen molar-refractivity contribution in [1.29, 1.82) is 0 Å². The lowest BCUT2D eigenvalue weighted by Crippen LogP contribution is -2.39. The van der Waals surface area contributed by atoms with Gasteiger partial charge < -0.3 is 15.5 Å². The van der Waals surface area contributed by atoms with E-state index in [0.29, 0.717) is 0 Å². The molecular weight excluding hydrogens is 250 g/mol. The van der Waals surface area contributed by atoms with Gasteiger partial charge in [-0.3, -0.25) is 4.79 Å². The standard InChI is InChI=1S/C16H25N3O/c1-3-19(4-2)11-7-10-17-16(20)15-12-13-8-5-6-9-14(13)18-15/h5-6,8-9,15,18H,3-4,7,10-12H2,1-2H3,(H,17,20)/t15-/m0/s1. The summed E-state index contributed by atoms with van der Waals surface area (Å²) >= 11 is 0. The average molecular weight is 275 g/mol. The Morgan fingerprint density at radius 2 is 2.10 bits per heavy atom. The Morgan fingerprint density at radius 3 is 2.80 bits per heavy atom. The molecule has 2 N–H and O–H groups in total. The molecule has 0 radical (unpaired) electrons. The van der Waals surface area contributed by atoms with E-state index in [-0.39, 0.29) is 11.9 Å². The SMILES string of the molecule is CCN(CC)CCCNC(=O)[C@@H]1Cc2ccccc2N1. The molecule has 0 bridgehead atoms. The predicted molar refractivity (Wildman–Crippen MR) is 83.0 cm³/mol. The first-order valence-corrected chi connectivity index (χ1v) is 7.59. The first-order chi connectivity index (χ1) is 9.74. The summed E-state index contributed by atoms with van der Waals surface area (Å²) in [5.74, 6) is 0.112. The summed E-state index contributed by atoms with van der Waals surface area (Å²) in [5, 5.41) is 6.32. The second-order valence-electron chi connectivity index (χ2n) is 5.23. The third-order valence-corrected chi connectivity index (χ3v) is 3.93. The van der Waals surface area contributed by atoms with Crippen LogP contribution >= 0.6 is 0 Å². The van der Waals surface area contributed by atoms with E-state index in [2.05, 4.69) is 35.4 Å². The molecule has 0 saturated heterocycles. The van der Waals surface area contributed by atoms with E-state index in [9.17, 15) is 4.79 Å². The number of carbonyl (C=O) groups is 1. The second kappa shape index (κ2) is 7.29. The van der Waals surface area contributed by atoms with Crippen LogP contribution in [0.4, 0.5) is 5.69 Å². The largest absolute Gasteiger partial charge is 0.373 e. The summed E-state index contributed by atoms with van der Waals surface area (Å²) in [5.41, 5.74) is 2.33. The van der Waals surface area contributed by atoms with Crippen LogP contribution < -0.4 is 10.6 Å². The van der Waals surface area contributed by atoms with Crippen LogP contribution in [0.15, 0.2) is 24.3 Å². The summed E-state index contributed by atoms with van der Waals surface area (Å²) < 4.78 is 0. The van der Waals surface area contributed by atoms with Gasteiger partial charge >= 0.3 is 0 Å². The van der Waals surface area contributed by atoms with Crippen LogP contribution in [0.25, 0.3) is 0 Å². The number of para-hydroxylation sites is 1. The van der Waals surface area contributed by atoms with E-state index in [4.69, 9.17) is 0 Å². The minimum absolute atomic E-state index is 0.110. The number of amides is 1. The zero-order chi connectivity index (χ0) is 14.4. The van der Waals surface area contributed by atoms with Crippen molar-refractivity contribution in [3.05, 3.63) is 29.8 Å². The molecular formula is C16H25N3O. The van der Waals surface area contributed by atoms with Crippen LogP contribution in [0.1, 0.15) is 25.8 Å². The molecule has 2 rings (SSSR count). The quantitative estimate of drug-likeness (QED) is 0.747. The van der Waals surface area contributed by atoms with Gasteiger partial charge in [-0.2, -0.15) is 0 Å². The number of hydrogen-bond acceptors (Lipinski definition) is 3. The van der Waals surface area contributed by atoms with Crippen molar-refractivity contribution in [2.75, 3.05) is 31.5 Å². The molecule has 1 amide bonds. The molecule has 1 atom stereocenters. The van der Waals surface area contributed by atoms with E-state index in [1.54, 1.807) is 0 Å². The minimum atomic E-state index is -0.110. The monoisotopic (exact) mass is 275 g/mol. The zero-order valence-electron chi connectivity index (χ0n) is 12.5. The van der Waals surface area contributed by atoms with E-state index >= 15 is 0 Å². The number of benzene rings is 1. The second-order valence-corrected chi connectivity index (χ2v) is 5.23. The van der Waals surface area contributed by atoms with Crippen molar-refractivity contribution >= 4 is 11.6 Å². The Bertz CT molecular complexity index is 418. The number of fused-ring (bicyclic) bond motifs is 1. The number of nitrogens with one attached hydrogen (secondary N) is 2. The van der Waals surface area contributed by atoms with Crippen LogP contribution in [-0.4, -0.2) is 43.0 Å². The molecule has 0 saturated carbocycles. The lowest BCUT2D eigenvalue weighted by atomic mass is 10.1. The summed E-state index contributed by atoms with van der Waals surface area (Å²) in [6.07, 6.45) is 1.80. The number of rotatable bonds is 7. The molecule has 4 heteroatoms. The van der Waals surface area contributed by atoms with Crippen LogP contribution in [-0.2, 0) is 11.2 Å².